The van der Waals surface area contributed by atoms with Crippen LogP contribution in [0.15, 0.2) is 60.7 Å². The third-order valence-electron chi connectivity index (χ3n) is 5.03. The minimum atomic E-state index is -3.39. The molecular weight excluding hydrogens is 577 g/mol. The van der Waals surface area contributed by atoms with Gasteiger partial charge in [-0.3, -0.25) is 4.72 Å². The first kappa shape index (κ1) is 25.6. The van der Waals surface area contributed by atoms with Crippen molar-refractivity contribution in [3.63, 3.8) is 0 Å². The lowest BCUT2D eigenvalue weighted by Crippen LogP contribution is -2.26. The molecule has 0 aliphatic rings. The molecular formula is C23H25ClIN3O4S. The number of hydrogen-bond donors (Lipinski definition) is 4. The molecule has 4 rings (SSSR count). The zero-order valence-corrected chi connectivity index (χ0v) is 21.6. The summed E-state index contributed by atoms with van der Waals surface area (Å²) in [5.41, 5.74) is 3.22. The second kappa shape index (κ2) is 10.9. The third kappa shape index (κ3) is 6.51. The number of H-pyrrole nitrogens is 1. The summed E-state index contributed by atoms with van der Waals surface area (Å²) in [6.07, 6.45) is 0.332. The number of aromatic nitrogens is 1. The fourth-order valence-electron chi connectivity index (χ4n) is 3.55. The van der Waals surface area contributed by atoms with Gasteiger partial charge in [0.15, 0.2) is 0 Å². The van der Waals surface area contributed by atoms with E-state index in [9.17, 15) is 13.5 Å². The number of ether oxygens (including phenoxy) is 1. The van der Waals surface area contributed by atoms with Crippen molar-refractivity contribution in [1.82, 2.24) is 10.3 Å². The van der Waals surface area contributed by atoms with E-state index in [-0.39, 0.29) is 12.4 Å². The average Bonchev–Trinajstić information content (AvgIpc) is 3.11. The second-order valence-corrected chi connectivity index (χ2v) is 10.5. The molecule has 0 aliphatic heterocycles. The molecule has 0 saturated carbocycles. The van der Waals surface area contributed by atoms with E-state index in [0.717, 1.165) is 32.0 Å². The number of sulfonamides is 1. The Morgan fingerprint density at radius 1 is 1.06 bits per heavy atom. The fourth-order valence-corrected chi connectivity index (χ4v) is 4.77. The summed E-state index contributed by atoms with van der Waals surface area (Å²) in [5.74, 6) is 0.778. The zero-order chi connectivity index (χ0) is 22.7. The maximum atomic E-state index is 11.5. The Morgan fingerprint density at radius 3 is 2.61 bits per heavy atom. The van der Waals surface area contributed by atoms with Gasteiger partial charge in [-0.25, -0.2) is 8.42 Å². The lowest BCUT2D eigenvalue weighted by atomic mass is 10.1. The standard InChI is InChI=1S/C23H24IN3O4S.ClH/c1-32(29,30)27-22-12-15(6-9-19(22)24)23(28)14-25-10-11-31-16-7-8-18-17-4-2-3-5-20(17)26-21(18)13-16;/h2-9,12-13,23,25-28H,10-11,14H2,1H3;1H. The molecule has 10 heteroatoms. The predicted octanol–water partition coefficient (Wildman–Crippen LogP) is 4.42. The van der Waals surface area contributed by atoms with Crippen molar-refractivity contribution in [2.75, 3.05) is 30.7 Å². The van der Waals surface area contributed by atoms with Gasteiger partial charge < -0.3 is 20.1 Å². The topological polar surface area (TPSA) is 103 Å². The molecule has 0 radical (unpaired) electrons. The van der Waals surface area contributed by atoms with Crippen molar-refractivity contribution in [1.29, 1.82) is 0 Å². The first-order valence-electron chi connectivity index (χ1n) is 10.1. The molecule has 1 heterocycles. The number of aliphatic hydroxyl groups is 1. The number of hydrogen-bond acceptors (Lipinski definition) is 5. The fraction of sp³-hybridized carbons (Fsp3) is 0.217. The number of aromatic amines is 1. The maximum Gasteiger partial charge on any atom is 0.229 e. The summed E-state index contributed by atoms with van der Waals surface area (Å²) in [6, 6.07) is 19.4. The molecule has 3 aromatic carbocycles. The first-order chi connectivity index (χ1) is 15.3. The van der Waals surface area contributed by atoms with Gasteiger partial charge in [0.25, 0.3) is 0 Å². The molecule has 0 spiro atoms. The Hall–Kier alpha value is -2.05. The number of anilines is 1. The van der Waals surface area contributed by atoms with E-state index in [1.807, 2.05) is 24.3 Å². The molecule has 1 atom stereocenters. The van der Waals surface area contributed by atoms with Crippen LogP contribution in [-0.2, 0) is 10.0 Å². The van der Waals surface area contributed by atoms with Gasteiger partial charge in [0.05, 0.1) is 23.6 Å². The highest BCUT2D eigenvalue weighted by atomic mass is 127. The van der Waals surface area contributed by atoms with Crippen LogP contribution >= 0.6 is 35.0 Å². The van der Waals surface area contributed by atoms with Crippen LogP contribution in [0.4, 0.5) is 5.69 Å². The number of para-hydroxylation sites is 1. The maximum absolute atomic E-state index is 11.5. The van der Waals surface area contributed by atoms with Crippen molar-refractivity contribution in [2.45, 2.75) is 6.10 Å². The second-order valence-electron chi connectivity index (χ2n) is 7.56. The summed E-state index contributed by atoms with van der Waals surface area (Å²) in [5, 5.41) is 16.0. The van der Waals surface area contributed by atoms with Crippen LogP contribution in [0.2, 0.25) is 0 Å². The first-order valence-corrected chi connectivity index (χ1v) is 13.1. The van der Waals surface area contributed by atoms with Crippen LogP contribution in [0.5, 0.6) is 5.75 Å². The number of aliphatic hydroxyl groups excluding tert-OH is 1. The molecule has 0 bridgehead atoms. The van der Waals surface area contributed by atoms with Crippen molar-refractivity contribution in [2.24, 2.45) is 0 Å². The molecule has 0 amide bonds. The van der Waals surface area contributed by atoms with Crippen LogP contribution < -0.4 is 14.8 Å². The Balaban J connectivity index is 0.00000306. The number of benzene rings is 3. The van der Waals surface area contributed by atoms with E-state index in [2.05, 4.69) is 55.8 Å². The lowest BCUT2D eigenvalue weighted by Gasteiger charge is -2.15. The SMILES string of the molecule is CS(=O)(=O)Nc1cc(C(O)CNCCOc2ccc3c(c2)[nH]c2ccccc23)ccc1I.Cl. The summed E-state index contributed by atoms with van der Waals surface area (Å²) < 4.78 is 32.1. The molecule has 0 fully saturated rings. The number of nitrogens with one attached hydrogen (secondary N) is 3. The van der Waals surface area contributed by atoms with Gasteiger partial charge in [-0.1, -0.05) is 24.3 Å². The molecule has 176 valence electrons. The minimum absolute atomic E-state index is 0. The van der Waals surface area contributed by atoms with E-state index >= 15 is 0 Å². The summed E-state index contributed by atoms with van der Waals surface area (Å²) >= 11 is 2.05. The number of halogens is 2. The molecule has 1 aromatic heterocycles. The van der Waals surface area contributed by atoms with E-state index in [1.165, 1.54) is 5.39 Å². The molecule has 4 aromatic rings. The Bertz CT molecular complexity index is 1360. The van der Waals surface area contributed by atoms with Gasteiger partial charge in [-0.15, -0.1) is 12.4 Å². The van der Waals surface area contributed by atoms with Crippen LogP contribution in [-0.4, -0.2) is 44.5 Å². The van der Waals surface area contributed by atoms with Crippen LogP contribution in [0.3, 0.4) is 0 Å². The van der Waals surface area contributed by atoms with E-state index in [0.29, 0.717) is 30.9 Å². The summed E-state index contributed by atoms with van der Waals surface area (Å²) in [6.45, 7) is 1.33. The number of fused-ring (bicyclic) bond motifs is 3. The van der Waals surface area contributed by atoms with E-state index in [4.69, 9.17) is 4.74 Å². The molecule has 0 saturated heterocycles. The van der Waals surface area contributed by atoms with Crippen molar-refractivity contribution < 1.29 is 18.3 Å². The summed E-state index contributed by atoms with van der Waals surface area (Å²) in [4.78, 5) is 3.40. The molecule has 7 nitrogen and oxygen atoms in total. The highest BCUT2D eigenvalue weighted by Gasteiger charge is 2.12. The Kier molecular flexibility index (Phi) is 8.46. The Morgan fingerprint density at radius 2 is 1.82 bits per heavy atom. The average molecular weight is 602 g/mol. The van der Waals surface area contributed by atoms with Crippen LogP contribution in [0.25, 0.3) is 21.8 Å². The van der Waals surface area contributed by atoms with Gasteiger partial charge in [-0.05, 0) is 58.5 Å². The molecule has 0 aliphatic carbocycles. The number of rotatable bonds is 9. The van der Waals surface area contributed by atoms with Gasteiger partial charge >= 0.3 is 0 Å². The quantitative estimate of drug-likeness (QED) is 0.168. The Labute approximate surface area is 212 Å². The van der Waals surface area contributed by atoms with Gasteiger partial charge in [0.1, 0.15) is 12.4 Å². The largest absolute Gasteiger partial charge is 0.492 e. The smallest absolute Gasteiger partial charge is 0.229 e. The normalized spacial score (nSPS) is 12.5. The van der Waals surface area contributed by atoms with Crippen molar-refractivity contribution in [3.8, 4) is 5.75 Å². The lowest BCUT2D eigenvalue weighted by molar-refractivity contribution is 0.172. The van der Waals surface area contributed by atoms with E-state index < -0.39 is 16.1 Å². The molecule has 1 unspecified atom stereocenters. The summed E-state index contributed by atoms with van der Waals surface area (Å²) in [7, 11) is -3.39. The van der Waals surface area contributed by atoms with Crippen molar-refractivity contribution in [3.05, 3.63) is 69.8 Å². The van der Waals surface area contributed by atoms with Gasteiger partial charge in [0, 0.05) is 39.0 Å². The monoisotopic (exact) mass is 601 g/mol. The zero-order valence-electron chi connectivity index (χ0n) is 17.8. The molecule has 33 heavy (non-hydrogen) atoms. The van der Waals surface area contributed by atoms with Gasteiger partial charge in [-0.2, -0.15) is 0 Å². The molecule has 4 N–H and O–H groups in total. The minimum Gasteiger partial charge on any atom is -0.492 e. The van der Waals surface area contributed by atoms with E-state index in [1.54, 1.807) is 18.2 Å². The third-order valence-corrected chi connectivity index (χ3v) is 6.56. The van der Waals surface area contributed by atoms with Crippen LogP contribution in [0.1, 0.15) is 11.7 Å². The van der Waals surface area contributed by atoms with Crippen molar-refractivity contribution >= 4 is 72.5 Å². The van der Waals surface area contributed by atoms with Crippen LogP contribution in [0, 0.1) is 3.57 Å². The highest BCUT2D eigenvalue weighted by Crippen LogP contribution is 2.28. The highest BCUT2D eigenvalue weighted by molar-refractivity contribution is 14.1. The predicted molar refractivity (Wildman–Crippen MR) is 144 cm³/mol. The van der Waals surface area contributed by atoms with Gasteiger partial charge in [0.2, 0.25) is 10.0 Å².